The number of benzene rings is 2. The number of allylic oxidation sites excluding steroid dienone is 1. The van der Waals surface area contributed by atoms with E-state index in [9.17, 15) is 5.11 Å². The monoisotopic (exact) mass is 410 g/mol. The molecule has 0 saturated heterocycles. The molecular weight excluding hydrogens is 376 g/mol. The molecule has 156 valence electrons. The molecule has 0 bridgehead atoms. The molecule has 0 aromatic heterocycles. The molecule has 1 N–H and O–H groups in total. The van der Waals surface area contributed by atoms with Crippen LogP contribution in [-0.2, 0) is 17.8 Å². The van der Waals surface area contributed by atoms with Gasteiger partial charge in [-0.3, -0.25) is 0 Å². The fraction of sp³-hybridized carbons (Fsp3) is 0.360. The van der Waals surface area contributed by atoms with Crippen LogP contribution in [0.5, 0.6) is 5.75 Å². The summed E-state index contributed by atoms with van der Waals surface area (Å²) in [5.41, 5.74) is 4.06. The lowest BCUT2D eigenvalue weighted by molar-refractivity contribution is 0.214. The average molecular weight is 411 g/mol. The molecular formula is C25H34O3Si. The molecule has 0 amide bonds. The van der Waals surface area contributed by atoms with E-state index >= 15 is 0 Å². The molecule has 0 fully saturated rings. The molecule has 0 saturated carbocycles. The van der Waals surface area contributed by atoms with Crippen LogP contribution in [0.2, 0.25) is 25.7 Å². The first-order valence-corrected chi connectivity index (χ1v) is 13.8. The first kappa shape index (κ1) is 23.0. The van der Waals surface area contributed by atoms with Gasteiger partial charge in [-0.25, -0.2) is 0 Å². The van der Waals surface area contributed by atoms with Crippen LogP contribution in [0.25, 0.3) is 0 Å². The second-order valence-corrected chi connectivity index (χ2v) is 14.0. The van der Waals surface area contributed by atoms with Crippen LogP contribution < -0.4 is 4.74 Å². The number of ether oxygens (including phenoxy) is 2. The Morgan fingerprint density at radius 1 is 1.14 bits per heavy atom. The van der Waals surface area contributed by atoms with Crippen molar-refractivity contribution in [2.45, 2.75) is 51.2 Å². The smallest absolute Gasteiger partial charge is 0.119 e. The Bertz CT molecular complexity index is 807. The van der Waals surface area contributed by atoms with E-state index in [2.05, 4.69) is 26.2 Å². The first-order chi connectivity index (χ1) is 13.8. The van der Waals surface area contributed by atoms with Crippen molar-refractivity contribution in [3.8, 4) is 5.75 Å². The highest BCUT2D eigenvalue weighted by atomic mass is 28.3. The Kier molecular flexibility index (Phi) is 8.74. The molecule has 0 aliphatic heterocycles. The molecule has 1 atom stereocenters. The average Bonchev–Trinajstić information content (AvgIpc) is 2.69. The molecule has 2 aromatic rings. The van der Waals surface area contributed by atoms with Gasteiger partial charge in [-0.1, -0.05) is 62.6 Å². The third-order valence-electron chi connectivity index (χ3n) is 4.65. The van der Waals surface area contributed by atoms with Crippen LogP contribution in [0.4, 0.5) is 0 Å². The minimum absolute atomic E-state index is 0.566. The summed E-state index contributed by atoms with van der Waals surface area (Å²) >= 11 is 0. The van der Waals surface area contributed by atoms with Crippen LogP contribution in [0.3, 0.4) is 0 Å². The number of aliphatic hydroxyl groups excluding tert-OH is 1. The van der Waals surface area contributed by atoms with Gasteiger partial charge in [0.25, 0.3) is 0 Å². The summed E-state index contributed by atoms with van der Waals surface area (Å²) in [4.78, 5) is 0. The topological polar surface area (TPSA) is 38.7 Å². The predicted octanol–water partition coefficient (Wildman–Crippen LogP) is 6.29. The van der Waals surface area contributed by atoms with Gasteiger partial charge >= 0.3 is 0 Å². The van der Waals surface area contributed by atoms with Gasteiger partial charge in [0.15, 0.2) is 0 Å². The van der Waals surface area contributed by atoms with Gasteiger partial charge in [0, 0.05) is 8.07 Å². The molecule has 0 radical (unpaired) electrons. The largest absolute Gasteiger partial charge is 0.497 e. The van der Waals surface area contributed by atoms with E-state index in [0.717, 1.165) is 46.9 Å². The van der Waals surface area contributed by atoms with Crippen LogP contribution in [-0.4, -0.2) is 20.3 Å². The highest BCUT2D eigenvalue weighted by Crippen LogP contribution is 2.32. The molecule has 0 heterocycles. The number of aliphatic hydroxyl groups is 1. The van der Waals surface area contributed by atoms with E-state index in [0.29, 0.717) is 6.61 Å². The minimum Gasteiger partial charge on any atom is -0.497 e. The number of rotatable bonds is 11. The van der Waals surface area contributed by atoms with Gasteiger partial charge in [0.1, 0.15) is 12.4 Å². The molecule has 1 unspecified atom stereocenters. The molecule has 0 aliphatic carbocycles. The highest BCUT2D eigenvalue weighted by Gasteiger charge is 2.22. The van der Waals surface area contributed by atoms with E-state index in [1.54, 1.807) is 13.4 Å². The molecule has 0 spiro atoms. The van der Waals surface area contributed by atoms with Crippen molar-refractivity contribution >= 4 is 8.07 Å². The summed E-state index contributed by atoms with van der Waals surface area (Å²) in [6.45, 7) is 11.6. The second-order valence-electron chi connectivity index (χ2n) is 8.57. The fourth-order valence-corrected chi connectivity index (χ4v) is 4.84. The Balaban J connectivity index is 1.99. The third kappa shape index (κ3) is 7.92. The predicted molar refractivity (Wildman–Crippen MR) is 124 cm³/mol. The summed E-state index contributed by atoms with van der Waals surface area (Å²) in [5, 5.41) is 10.9. The lowest BCUT2D eigenvalue weighted by atomic mass is 9.95. The van der Waals surface area contributed by atoms with Crippen LogP contribution in [0.15, 0.2) is 73.0 Å². The maximum absolute atomic E-state index is 10.9. The number of methoxy groups -OCH3 is 1. The van der Waals surface area contributed by atoms with Crippen LogP contribution in [0, 0.1) is 0 Å². The Hall–Kier alpha value is -2.30. The quantitative estimate of drug-likeness (QED) is 0.269. The van der Waals surface area contributed by atoms with Gasteiger partial charge in [-0.15, -0.1) is 0 Å². The molecule has 3 nitrogen and oxygen atoms in total. The highest BCUT2D eigenvalue weighted by molar-refractivity contribution is 6.76. The van der Waals surface area contributed by atoms with Crippen molar-refractivity contribution in [3.05, 3.63) is 89.7 Å². The summed E-state index contributed by atoms with van der Waals surface area (Å²) < 4.78 is 11.0. The van der Waals surface area contributed by atoms with Crippen molar-refractivity contribution in [2.75, 3.05) is 7.11 Å². The zero-order valence-corrected chi connectivity index (χ0v) is 19.2. The Morgan fingerprint density at radius 2 is 1.86 bits per heavy atom. The van der Waals surface area contributed by atoms with Crippen molar-refractivity contribution in [1.29, 1.82) is 0 Å². The molecule has 0 aliphatic rings. The summed E-state index contributed by atoms with van der Waals surface area (Å²) in [7, 11) is 0.332. The summed E-state index contributed by atoms with van der Waals surface area (Å²) in [5.74, 6) is 0.802. The standard InChI is InChI=1S/C25H34O3Si/c1-20(19-29(3,4)5)25(26)24-15-14-23(27-2)17-22(24)13-9-10-16-28-18-21-11-7-6-8-12-21/h6-8,10-12,14-17,25-26H,1,9,13,18-19H2,2-5H3/b16-10+. The summed E-state index contributed by atoms with van der Waals surface area (Å²) in [6, 6.07) is 16.9. The van der Waals surface area contributed by atoms with E-state index in [1.165, 1.54) is 0 Å². The first-order valence-electron chi connectivity index (χ1n) is 10.1. The number of hydrogen-bond donors (Lipinski definition) is 1. The Morgan fingerprint density at radius 3 is 2.52 bits per heavy atom. The molecule has 4 heteroatoms. The summed E-state index contributed by atoms with van der Waals surface area (Å²) in [6.07, 6.45) is 4.76. The van der Waals surface area contributed by atoms with Gasteiger partial charge in [0.2, 0.25) is 0 Å². The van der Waals surface area contributed by atoms with E-state index in [-0.39, 0.29) is 0 Å². The third-order valence-corrected chi connectivity index (χ3v) is 6.17. The SMILES string of the molecule is C=C(C[Si](C)(C)C)C(O)c1ccc(OC)cc1CC/C=C/OCc1ccccc1. The van der Waals surface area contributed by atoms with Gasteiger partial charge < -0.3 is 14.6 Å². The molecule has 2 aromatic carbocycles. The maximum atomic E-state index is 10.9. The number of aryl methyl sites for hydroxylation is 1. The zero-order chi connectivity index (χ0) is 21.3. The van der Waals surface area contributed by atoms with Gasteiger partial charge in [-0.05, 0) is 59.4 Å². The maximum Gasteiger partial charge on any atom is 0.119 e. The molecule has 29 heavy (non-hydrogen) atoms. The van der Waals surface area contributed by atoms with Crippen LogP contribution in [0.1, 0.15) is 29.2 Å². The van der Waals surface area contributed by atoms with Crippen LogP contribution >= 0.6 is 0 Å². The fourth-order valence-electron chi connectivity index (χ4n) is 3.28. The molecule has 2 rings (SSSR count). The van der Waals surface area contributed by atoms with Crippen molar-refractivity contribution in [2.24, 2.45) is 0 Å². The van der Waals surface area contributed by atoms with Crippen molar-refractivity contribution in [3.63, 3.8) is 0 Å². The lowest BCUT2D eigenvalue weighted by Gasteiger charge is -2.23. The lowest BCUT2D eigenvalue weighted by Crippen LogP contribution is -2.22. The van der Waals surface area contributed by atoms with Gasteiger partial charge in [-0.2, -0.15) is 0 Å². The second kappa shape index (κ2) is 11.0. The Labute approximate surface area is 176 Å². The normalized spacial score (nSPS) is 12.7. The van der Waals surface area contributed by atoms with Crippen molar-refractivity contribution < 1.29 is 14.6 Å². The van der Waals surface area contributed by atoms with E-state index < -0.39 is 14.2 Å². The van der Waals surface area contributed by atoms with E-state index in [1.807, 2.05) is 54.6 Å². The van der Waals surface area contributed by atoms with Gasteiger partial charge in [0.05, 0.1) is 19.5 Å². The number of hydrogen-bond acceptors (Lipinski definition) is 3. The minimum atomic E-state index is -1.33. The zero-order valence-electron chi connectivity index (χ0n) is 18.2. The van der Waals surface area contributed by atoms with E-state index in [4.69, 9.17) is 9.47 Å². The van der Waals surface area contributed by atoms with Crippen molar-refractivity contribution in [1.82, 2.24) is 0 Å².